The summed E-state index contributed by atoms with van der Waals surface area (Å²) >= 11 is 0. The first-order valence-corrected chi connectivity index (χ1v) is 9.14. The van der Waals surface area contributed by atoms with Crippen molar-refractivity contribution in [2.45, 2.75) is 30.6 Å². The van der Waals surface area contributed by atoms with Crippen molar-refractivity contribution in [3.05, 3.63) is 65.0 Å². The summed E-state index contributed by atoms with van der Waals surface area (Å²) in [5.74, 6) is -0.902. The highest BCUT2D eigenvalue weighted by Gasteiger charge is 2.31. The van der Waals surface area contributed by atoms with Crippen LogP contribution in [0.3, 0.4) is 0 Å². The molecule has 0 aliphatic carbocycles. The predicted octanol–water partition coefficient (Wildman–Crippen LogP) is 4.77. The van der Waals surface area contributed by atoms with Crippen molar-refractivity contribution in [3.8, 4) is 0 Å². The van der Waals surface area contributed by atoms with Gasteiger partial charge in [0.25, 0.3) is 0 Å². The second kappa shape index (κ2) is 7.66. The minimum atomic E-state index is -4.58. The van der Waals surface area contributed by atoms with E-state index < -0.39 is 28.4 Å². The summed E-state index contributed by atoms with van der Waals surface area (Å²) < 4.78 is 63.3. The van der Waals surface area contributed by atoms with Crippen LogP contribution in [0.5, 0.6) is 0 Å². The van der Waals surface area contributed by atoms with E-state index in [2.05, 4.69) is 0 Å². The minimum absolute atomic E-state index is 0.100. The largest absolute Gasteiger partial charge is 0.416 e. The predicted molar refractivity (Wildman–Crippen MR) is 90.1 cm³/mol. The maximum atomic E-state index is 13.5. The van der Waals surface area contributed by atoms with E-state index in [1.165, 1.54) is 0 Å². The van der Waals surface area contributed by atoms with Gasteiger partial charge in [-0.05, 0) is 55.4 Å². The molecule has 0 aliphatic rings. The van der Waals surface area contributed by atoms with Gasteiger partial charge in [-0.2, -0.15) is 13.2 Å². The van der Waals surface area contributed by atoms with Crippen molar-refractivity contribution in [2.75, 3.05) is 13.3 Å². The summed E-state index contributed by atoms with van der Waals surface area (Å²) in [6.45, 7) is 2.07. The number of halogens is 4. The summed E-state index contributed by atoms with van der Waals surface area (Å²) in [5, 5.41) is 0. The fourth-order valence-electron chi connectivity index (χ4n) is 2.52. The average Bonchev–Trinajstić information content (AvgIpc) is 2.52. The lowest BCUT2D eigenvalue weighted by Crippen LogP contribution is -2.22. The molecule has 7 heteroatoms. The van der Waals surface area contributed by atoms with E-state index in [-0.39, 0.29) is 18.2 Å². The van der Waals surface area contributed by atoms with Crippen LogP contribution in [0.2, 0.25) is 0 Å². The van der Waals surface area contributed by atoms with Crippen LogP contribution in [0.15, 0.2) is 47.4 Å². The Balaban J connectivity index is 2.17. The van der Waals surface area contributed by atoms with Crippen LogP contribution in [-0.4, -0.2) is 22.4 Å². The van der Waals surface area contributed by atoms with E-state index in [0.29, 0.717) is 11.0 Å². The Kier molecular flexibility index (Phi) is 6.00. The molecule has 0 N–H and O–H groups in total. The van der Waals surface area contributed by atoms with Crippen LogP contribution in [0.1, 0.15) is 29.7 Å². The van der Waals surface area contributed by atoms with Gasteiger partial charge in [-0.25, -0.2) is 4.39 Å². The molecule has 0 saturated heterocycles. The lowest BCUT2D eigenvalue weighted by molar-refractivity contribution is -0.137. The Morgan fingerprint density at radius 1 is 1.12 bits per heavy atom. The van der Waals surface area contributed by atoms with Crippen LogP contribution in [-0.2, 0) is 23.5 Å². The summed E-state index contributed by atoms with van der Waals surface area (Å²) in [5.41, 5.74) is 0.204. The second-order valence-electron chi connectivity index (χ2n) is 5.96. The van der Waals surface area contributed by atoms with E-state index >= 15 is 0 Å². The first-order chi connectivity index (χ1) is 11.6. The Morgan fingerprint density at radius 2 is 1.72 bits per heavy atom. The van der Waals surface area contributed by atoms with Crippen LogP contribution < -0.4 is 0 Å². The van der Waals surface area contributed by atoms with Crippen molar-refractivity contribution >= 4 is 10.8 Å². The fourth-order valence-corrected chi connectivity index (χ4v) is 3.04. The van der Waals surface area contributed by atoms with Gasteiger partial charge in [0.05, 0.1) is 5.56 Å². The van der Waals surface area contributed by atoms with Gasteiger partial charge < -0.3 is 0 Å². The van der Waals surface area contributed by atoms with Gasteiger partial charge >= 0.3 is 6.18 Å². The fraction of sp³-hybridized carbons (Fsp3) is 0.333. The van der Waals surface area contributed by atoms with E-state index in [4.69, 9.17) is 0 Å². The molecule has 2 aromatic carbocycles. The third kappa shape index (κ3) is 5.12. The molecular weight excluding hydrogens is 354 g/mol. The van der Waals surface area contributed by atoms with Crippen LogP contribution in [0.25, 0.3) is 0 Å². The van der Waals surface area contributed by atoms with Gasteiger partial charge in [-0.1, -0.05) is 12.1 Å². The third-order valence-corrected chi connectivity index (χ3v) is 5.01. The second-order valence-corrected chi connectivity index (χ2v) is 7.34. The quantitative estimate of drug-likeness (QED) is 0.704. The Labute approximate surface area is 146 Å². The monoisotopic (exact) mass is 373 g/mol. The smallest absolute Gasteiger partial charge is 0.295 e. The molecule has 2 atom stereocenters. The molecule has 0 saturated carbocycles. The zero-order chi connectivity index (χ0) is 18.8. The third-order valence-electron chi connectivity index (χ3n) is 4.07. The van der Waals surface area contributed by atoms with E-state index in [1.807, 2.05) is 24.0 Å². The van der Waals surface area contributed by atoms with Gasteiger partial charge in [0.2, 0.25) is 0 Å². The topological polar surface area (TPSA) is 20.3 Å². The summed E-state index contributed by atoms with van der Waals surface area (Å²) in [4.78, 5) is 2.53. The van der Waals surface area contributed by atoms with E-state index in [0.717, 1.165) is 17.7 Å². The molecule has 25 heavy (non-hydrogen) atoms. The number of hydrogen-bond acceptors (Lipinski definition) is 2. The Hall–Kier alpha value is -1.73. The van der Waals surface area contributed by atoms with Gasteiger partial charge in [0.1, 0.15) is 5.82 Å². The molecule has 0 radical (unpaired) electrons. The Morgan fingerprint density at radius 3 is 2.24 bits per heavy atom. The van der Waals surface area contributed by atoms with Crippen molar-refractivity contribution in [1.29, 1.82) is 0 Å². The highest BCUT2D eigenvalue weighted by molar-refractivity contribution is 7.84. The van der Waals surface area contributed by atoms with Crippen molar-refractivity contribution < 1.29 is 21.8 Å². The van der Waals surface area contributed by atoms with Gasteiger partial charge in [-0.15, -0.1) is 0 Å². The molecule has 2 rings (SSSR count). The number of benzene rings is 2. The molecule has 2 nitrogen and oxygen atoms in total. The van der Waals surface area contributed by atoms with E-state index in [1.54, 1.807) is 25.4 Å². The average molecular weight is 373 g/mol. The molecule has 0 spiro atoms. The number of nitrogens with zero attached hydrogens (tertiary/aromatic N) is 1. The van der Waals surface area contributed by atoms with Gasteiger partial charge in [0, 0.05) is 34.5 Å². The lowest BCUT2D eigenvalue weighted by Gasteiger charge is -2.25. The number of hydrogen-bond donors (Lipinski definition) is 0. The maximum Gasteiger partial charge on any atom is 0.416 e. The first-order valence-electron chi connectivity index (χ1n) is 7.58. The van der Waals surface area contributed by atoms with Crippen molar-refractivity contribution in [3.63, 3.8) is 0 Å². The molecule has 2 aromatic rings. The SMILES string of the molecule is C[C@H](c1ccc([S@](C)=O)cc1)N(C)Cc1cc(F)cc(C(F)(F)F)c1. The standard InChI is InChI=1S/C18H19F4NOS/c1-12(14-4-6-17(7-5-14)25(3)24)23(2)11-13-8-15(18(20,21)22)10-16(19)9-13/h4-10,12H,11H2,1-3H3/t12-,25+/m1/s1. The lowest BCUT2D eigenvalue weighted by atomic mass is 10.1. The minimum Gasteiger partial charge on any atom is -0.295 e. The molecule has 0 aliphatic heterocycles. The summed E-state index contributed by atoms with van der Waals surface area (Å²) in [6, 6.07) is 9.68. The number of rotatable bonds is 5. The zero-order valence-electron chi connectivity index (χ0n) is 14.1. The highest BCUT2D eigenvalue weighted by Crippen LogP contribution is 2.31. The maximum absolute atomic E-state index is 13.5. The molecule has 0 heterocycles. The molecule has 0 aromatic heterocycles. The van der Waals surface area contributed by atoms with Gasteiger partial charge in [-0.3, -0.25) is 9.11 Å². The number of alkyl halides is 3. The summed E-state index contributed by atoms with van der Waals surface area (Å²) in [7, 11) is 0.690. The van der Waals surface area contributed by atoms with Crippen molar-refractivity contribution in [1.82, 2.24) is 4.90 Å². The molecule has 0 bridgehead atoms. The van der Waals surface area contributed by atoms with Crippen LogP contribution >= 0.6 is 0 Å². The molecule has 136 valence electrons. The van der Waals surface area contributed by atoms with E-state index in [9.17, 15) is 21.8 Å². The Bertz CT molecular complexity index is 759. The zero-order valence-corrected chi connectivity index (χ0v) is 14.9. The molecule has 0 fully saturated rings. The van der Waals surface area contributed by atoms with Gasteiger partial charge in [0.15, 0.2) is 0 Å². The molecular formula is C18H19F4NOS. The summed E-state index contributed by atoms with van der Waals surface area (Å²) in [6.07, 6.45) is -2.99. The first kappa shape index (κ1) is 19.6. The van der Waals surface area contributed by atoms with Crippen LogP contribution in [0, 0.1) is 5.82 Å². The molecule has 0 unspecified atom stereocenters. The normalized spacial score (nSPS) is 14.6. The van der Waals surface area contributed by atoms with Crippen molar-refractivity contribution in [2.24, 2.45) is 0 Å². The molecule has 0 amide bonds. The highest BCUT2D eigenvalue weighted by atomic mass is 32.2. The van der Waals surface area contributed by atoms with Crippen LogP contribution in [0.4, 0.5) is 17.6 Å².